The lowest BCUT2D eigenvalue weighted by Crippen LogP contribution is -2.37. The molecular weight excluding hydrogens is 428 g/mol. The Morgan fingerprint density at radius 2 is 1.82 bits per heavy atom. The number of amides is 1. The van der Waals surface area contributed by atoms with Crippen LogP contribution in [0.2, 0.25) is 0 Å². The summed E-state index contributed by atoms with van der Waals surface area (Å²) in [5.41, 5.74) is 0.311. The largest absolute Gasteiger partial charge is 0.465 e. The van der Waals surface area contributed by atoms with Gasteiger partial charge in [0.05, 0.1) is 37.3 Å². The molecule has 0 radical (unpaired) electrons. The van der Waals surface area contributed by atoms with Crippen LogP contribution in [0.1, 0.15) is 55.6 Å². The summed E-state index contributed by atoms with van der Waals surface area (Å²) in [4.78, 5) is 42.0. The predicted octanol–water partition coefficient (Wildman–Crippen LogP) is 3.49. The minimum atomic E-state index is -0.643. The second kappa shape index (κ2) is 9.05. The first-order valence-electron chi connectivity index (χ1n) is 11.2. The highest BCUT2D eigenvalue weighted by Crippen LogP contribution is 2.38. The number of carbonyl (C=O) groups excluding carboxylic acids is 2. The van der Waals surface area contributed by atoms with Crippen molar-refractivity contribution < 1.29 is 28.2 Å². The number of benzene rings is 1. The fourth-order valence-electron chi connectivity index (χ4n) is 4.32. The summed E-state index contributed by atoms with van der Waals surface area (Å²) in [5, 5.41) is 0.279. The van der Waals surface area contributed by atoms with Crippen molar-refractivity contribution in [3.05, 3.63) is 39.5 Å². The number of hydrogen-bond acceptors (Lipinski definition) is 8. The fraction of sp³-hybridized carbons (Fsp3) is 0.542. The van der Waals surface area contributed by atoms with Crippen LogP contribution >= 0.6 is 0 Å². The second-order valence-electron chi connectivity index (χ2n) is 9.31. The van der Waals surface area contributed by atoms with Crippen molar-refractivity contribution >= 4 is 28.9 Å². The minimum Gasteiger partial charge on any atom is -0.465 e. The molecule has 9 nitrogen and oxygen atoms in total. The molecule has 0 bridgehead atoms. The van der Waals surface area contributed by atoms with Crippen molar-refractivity contribution in [3.8, 4) is 0 Å². The SMILES string of the molecule is COC(=O)c1cc(C2CCCN2C(=O)OC(C)(C)C)c2oc(N3CCOCC3)cc(=O)c2c1. The molecule has 2 aromatic rings. The lowest BCUT2D eigenvalue weighted by atomic mass is 9.98. The molecule has 3 heterocycles. The first-order chi connectivity index (χ1) is 15.7. The summed E-state index contributed by atoms with van der Waals surface area (Å²) in [5.74, 6) is -0.110. The Morgan fingerprint density at radius 1 is 1.09 bits per heavy atom. The Bertz CT molecular complexity index is 1110. The highest BCUT2D eigenvalue weighted by Gasteiger charge is 2.35. The van der Waals surface area contributed by atoms with E-state index in [4.69, 9.17) is 18.6 Å². The molecular formula is C24H30N2O7. The van der Waals surface area contributed by atoms with Crippen molar-refractivity contribution in [2.75, 3.05) is 44.9 Å². The van der Waals surface area contributed by atoms with E-state index in [0.717, 1.165) is 6.42 Å². The van der Waals surface area contributed by atoms with Gasteiger partial charge in [-0.1, -0.05) is 0 Å². The summed E-state index contributed by atoms with van der Waals surface area (Å²) >= 11 is 0. The number of ether oxygens (including phenoxy) is 3. The fourth-order valence-corrected chi connectivity index (χ4v) is 4.32. The molecule has 2 fully saturated rings. The Kier molecular flexibility index (Phi) is 6.34. The number of hydrogen-bond donors (Lipinski definition) is 0. The molecule has 1 aromatic heterocycles. The number of fused-ring (bicyclic) bond motifs is 1. The molecule has 33 heavy (non-hydrogen) atoms. The van der Waals surface area contributed by atoms with Crippen LogP contribution in [0.25, 0.3) is 11.0 Å². The Morgan fingerprint density at radius 3 is 2.48 bits per heavy atom. The molecule has 4 rings (SSSR count). The van der Waals surface area contributed by atoms with Crippen molar-refractivity contribution in [2.24, 2.45) is 0 Å². The number of nitrogens with zero attached hydrogens (tertiary/aromatic N) is 2. The molecule has 0 N–H and O–H groups in total. The lowest BCUT2D eigenvalue weighted by molar-refractivity contribution is 0.0225. The van der Waals surface area contributed by atoms with Gasteiger partial charge in [0.15, 0.2) is 11.3 Å². The molecule has 1 aromatic carbocycles. The summed E-state index contributed by atoms with van der Waals surface area (Å²) in [7, 11) is 1.29. The van der Waals surface area contributed by atoms with E-state index in [1.165, 1.54) is 19.2 Å². The molecule has 9 heteroatoms. The molecule has 1 amide bonds. The van der Waals surface area contributed by atoms with Crippen LogP contribution in [-0.4, -0.2) is 62.5 Å². The number of esters is 1. The topological polar surface area (TPSA) is 98.5 Å². The zero-order valence-electron chi connectivity index (χ0n) is 19.5. The molecule has 0 saturated carbocycles. The first kappa shape index (κ1) is 23.1. The van der Waals surface area contributed by atoms with E-state index in [0.29, 0.717) is 56.3 Å². The Balaban J connectivity index is 1.85. The number of anilines is 1. The molecule has 2 aliphatic rings. The number of rotatable bonds is 3. The average Bonchev–Trinajstić information content (AvgIpc) is 3.27. The highest BCUT2D eigenvalue weighted by molar-refractivity contribution is 5.95. The second-order valence-corrected chi connectivity index (χ2v) is 9.31. The Labute approximate surface area is 192 Å². The Hall–Kier alpha value is -3.07. The van der Waals surface area contributed by atoms with E-state index in [1.807, 2.05) is 25.7 Å². The lowest BCUT2D eigenvalue weighted by Gasteiger charge is -2.30. The average molecular weight is 459 g/mol. The van der Waals surface area contributed by atoms with Crippen molar-refractivity contribution in [3.63, 3.8) is 0 Å². The van der Waals surface area contributed by atoms with Gasteiger partial charge in [0.2, 0.25) is 0 Å². The van der Waals surface area contributed by atoms with Crippen LogP contribution in [0.4, 0.5) is 10.7 Å². The van der Waals surface area contributed by atoms with Crippen molar-refractivity contribution in [1.29, 1.82) is 0 Å². The third-order valence-corrected chi connectivity index (χ3v) is 5.83. The van der Waals surface area contributed by atoms with Gasteiger partial charge in [-0.15, -0.1) is 0 Å². The normalized spacial score (nSPS) is 19.1. The third kappa shape index (κ3) is 4.83. The van der Waals surface area contributed by atoms with Gasteiger partial charge in [-0.2, -0.15) is 0 Å². The van der Waals surface area contributed by atoms with Gasteiger partial charge in [-0.3, -0.25) is 4.79 Å². The van der Waals surface area contributed by atoms with Crippen LogP contribution < -0.4 is 10.3 Å². The van der Waals surface area contributed by atoms with E-state index < -0.39 is 23.7 Å². The van der Waals surface area contributed by atoms with Gasteiger partial charge in [0.1, 0.15) is 11.2 Å². The van der Waals surface area contributed by atoms with Gasteiger partial charge < -0.3 is 28.4 Å². The molecule has 0 aliphatic carbocycles. The van der Waals surface area contributed by atoms with Gasteiger partial charge in [-0.05, 0) is 45.7 Å². The third-order valence-electron chi connectivity index (χ3n) is 5.83. The van der Waals surface area contributed by atoms with Gasteiger partial charge in [-0.25, -0.2) is 9.59 Å². The van der Waals surface area contributed by atoms with E-state index in [-0.39, 0.29) is 16.4 Å². The summed E-state index contributed by atoms with van der Waals surface area (Å²) in [6.07, 6.45) is 0.986. The first-order valence-corrected chi connectivity index (χ1v) is 11.2. The van der Waals surface area contributed by atoms with E-state index in [2.05, 4.69) is 0 Å². The maximum atomic E-state index is 13.1. The highest BCUT2D eigenvalue weighted by atomic mass is 16.6. The monoisotopic (exact) mass is 458 g/mol. The maximum Gasteiger partial charge on any atom is 0.410 e. The zero-order chi connectivity index (χ0) is 23.8. The number of carbonyl (C=O) groups is 2. The van der Waals surface area contributed by atoms with Crippen LogP contribution in [-0.2, 0) is 14.2 Å². The zero-order valence-corrected chi connectivity index (χ0v) is 19.5. The molecule has 2 aliphatic heterocycles. The molecule has 0 spiro atoms. The molecule has 178 valence electrons. The standard InChI is InChI=1S/C24H30N2O7/c1-24(2,3)33-23(29)26-7-5-6-18(26)16-12-15(22(28)30-4)13-17-19(27)14-20(32-21(16)17)25-8-10-31-11-9-25/h12-14,18H,5-11H2,1-4H3. The van der Waals surface area contributed by atoms with Gasteiger partial charge in [0, 0.05) is 31.3 Å². The molecule has 2 saturated heterocycles. The summed E-state index contributed by atoms with van der Waals surface area (Å²) < 4.78 is 22.2. The van der Waals surface area contributed by atoms with Gasteiger partial charge in [0.25, 0.3) is 0 Å². The van der Waals surface area contributed by atoms with Gasteiger partial charge >= 0.3 is 12.1 Å². The van der Waals surface area contributed by atoms with Crippen molar-refractivity contribution in [2.45, 2.75) is 45.3 Å². The number of morpholine rings is 1. The minimum absolute atomic E-state index is 0.238. The van der Waals surface area contributed by atoms with E-state index >= 15 is 0 Å². The van der Waals surface area contributed by atoms with E-state index in [9.17, 15) is 14.4 Å². The smallest absolute Gasteiger partial charge is 0.410 e. The van der Waals surface area contributed by atoms with Crippen LogP contribution in [0.5, 0.6) is 0 Å². The summed E-state index contributed by atoms with van der Waals surface area (Å²) in [6, 6.07) is 4.20. The van der Waals surface area contributed by atoms with E-state index in [1.54, 1.807) is 11.0 Å². The maximum absolute atomic E-state index is 13.1. The van der Waals surface area contributed by atoms with Crippen molar-refractivity contribution in [1.82, 2.24) is 4.90 Å². The van der Waals surface area contributed by atoms with Crippen LogP contribution in [0.3, 0.4) is 0 Å². The summed E-state index contributed by atoms with van der Waals surface area (Å²) in [6.45, 7) is 8.27. The number of methoxy groups -OCH3 is 1. The molecule has 1 unspecified atom stereocenters. The van der Waals surface area contributed by atoms with Crippen LogP contribution in [0.15, 0.2) is 27.4 Å². The predicted molar refractivity (Wildman–Crippen MR) is 122 cm³/mol. The molecule has 1 atom stereocenters. The number of likely N-dealkylation sites (tertiary alicyclic amines) is 1. The van der Waals surface area contributed by atoms with Crippen LogP contribution in [0, 0.1) is 0 Å². The quantitative estimate of drug-likeness (QED) is 0.645.